The Morgan fingerprint density at radius 1 is 1.06 bits per heavy atom. The average molecular weight is 234 g/mol. The van der Waals surface area contributed by atoms with Gasteiger partial charge in [-0.15, -0.1) is 0 Å². The topological polar surface area (TPSA) is 26.7 Å². The Hall–Kier alpha value is -1.22. The van der Waals surface area contributed by atoms with E-state index in [-0.39, 0.29) is 0 Å². The van der Waals surface area contributed by atoms with E-state index in [0.29, 0.717) is 5.75 Å². The van der Waals surface area contributed by atoms with E-state index in [2.05, 4.69) is 16.7 Å². The van der Waals surface area contributed by atoms with E-state index >= 15 is 0 Å². The Morgan fingerprint density at radius 3 is 2.29 bits per heavy atom. The van der Waals surface area contributed by atoms with Gasteiger partial charge in [0.05, 0.1) is 0 Å². The number of anilines is 1. The lowest BCUT2D eigenvalue weighted by molar-refractivity contribution is 0.254. The molecule has 17 heavy (non-hydrogen) atoms. The van der Waals surface area contributed by atoms with Crippen LogP contribution in [0, 0.1) is 0 Å². The number of phenols is 1. The second-order valence-corrected chi connectivity index (χ2v) is 4.70. The maximum absolute atomic E-state index is 9.27. The van der Waals surface area contributed by atoms with E-state index in [9.17, 15) is 5.11 Å². The minimum Gasteiger partial charge on any atom is -0.508 e. The molecule has 0 amide bonds. The molecule has 0 unspecified atom stereocenters. The largest absolute Gasteiger partial charge is 0.508 e. The van der Waals surface area contributed by atoms with Crippen molar-refractivity contribution in [2.45, 2.75) is 19.8 Å². The Bertz CT molecular complexity index is 329. The zero-order chi connectivity index (χ0) is 12.1. The van der Waals surface area contributed by atoms with Gasteiger partial charge in [0, 0.05) is 31.9 Å². The number of unbranched alkanes of at least 4 members (excludes halogenated alkanes) is 1. The van der Waals surface area contributed by atoms with Crippen molar-refractivity contribution in [3.05, 3.63) is 24.3 Å². The van der Waals surface area contributed by atoms with Gasteiger partial charge in [-0.1, -0.05) is 13.3 Å². The highest BCUT2D eigenvalue weighted by Gasteiger charge is 2.16. The molecule has 3 heteroatoms. The average Bonchev–Trinajstić information content (AvgIpc) is 2.38. The van der Waals surface area contributed by atoms with Crippen LogP contribution in [-0.2, 0) is 0 Å². The molecule has 1 N–H and O–H groups in total. The predicted molar refractivity (Wildman–Crippen MR) is 71.7 cm³/mol. The van der Waals surface area contributed by atoms with Gasteiger partial charge in [-0.2, -0.15) is 0 Å². The Morgan fingerprint density at radius 2 is 1.71 bits per heavy atom. The van der Waals surface area contributed by atoms with Crippen molar-refractivity contribution in [1.82, 2.24) is 4.90 Å². The number of phenolic OH excluding ortho intramolecular Hbond substituents is 1. The summed E-state index contributed by atoms with van der Waals surface area (Å²) in [6, 6.07) is 7.52. The van der Waals surface area contributed by atoms with Crippen LogP contribution in [0.3, 0.4) is 0 Å². The van der Waals surface area contributed by atoms with Crippen molar-refractivity contribution in [2.75, 3.05) is 37.6 Å². The summed E-state index contributed by atoms with van der Waals surface area (Å²) in [7, 11) is 0. The van der Waals surface area contributed by atoms with Gasteiger partial charge >= 0.3 is 0 Å². The number of rotatable bonds is 4. The summed E-state index contributed by atoms with van der Waals surface area (Å²) in [5, 5.41) is 9.27. The van der Waals surface area contributed by atoms with E-state index in [1.165, 1.54) is 25.1 Å². The molecule has 3 nitrogen and oxygen atoms in total. The molecular formula is C14H22N2O. The number of aromatic hydroxyl groups is 1. The Kier molecular flexibility index (Phi) is 4.26. The molecule has 1 aliphatic heterocycles. The maximum Gasteiger partial charge on any atom is 0.115 e. The summed E-state index contributed by atoms with van der Waals surface area (Å²) in [5.74, 6) is 0.343. The van der Waals surface area contributed by atoms with E-state index in [1.54, 1.807) is 12.1 Å². The highest BCUT2D eigenvalue weighted by Crippen LogP contribution is 2.19. The first-order valence-electron chi connectivity index (χ1n) is 6.56. The van der Waals surface area contributed by atoms with Gasteiger partial charge in [0.1, 0.15) is 5.75 Å². The van der Waals surface area contributed by atoms with Gasteiger partial charge in [-0.05, 0) is 37.2 Å². The van der Waals surface area contributed by atoms with Crippen LogP contribution in [0.5, 0.6) is 5.75 Å². The number of hydrogen-bond acceptors (Lipinski definition) is 3. The van der Waals surface area contributed by atoms with Crippen molar-refractivity contribution >= 4 is 5.69 Å². The van der Waals surface area contributed by atoms with Crippen LogP contribution in [0.4, 0.5) is 5.69 Å². The minimum absolute atomic E-state index is 0.343. The predicted octanol–water partition coefficient (Wildman–Crippen LogP) is 2.31. The lowest BCUT2D eigenvalue weighted by Crippen LogP contribution is -2.46. The molecule has 1 fully saturated rings. The van der Waals surface area contributed by atoms with Gasteiger partial charge in [-0.3, -0.25) is 4.90 Å². The van der Waals surface area contributed by atoms with Crippen LogP contribution in [0.15, 0.2) is 24.3 Å². The summed E-state index contributed by atoms with van der Waals surface area (Å²) >= 11 is 0. The second-order valence-electron chi connectivity index (χ2n) is 4.70. The SMILES string of the molecule is CCCCN1CCN(c2ccc(O)cc2)CC1. The highest BCUT2D eigenvalue weighted by molar-refractivity contribution is 5.49. The second kappa shape index (κ2) is 5.92. The number of nitrogens with zero attached hydrogens (tertiary/aromatic N) is 2. The first kappa shape index (κ1) is 12.2. The van der Waals surface area contributed by atoms with Crippen molar-refractivity contribution in [3.8, 4) is 5.75 Å². The van der Waals surface area contributed by atoms with Crippen LogP contribution in [0.2, 0.25) is 0 Å². The lowest BCUT2D eigenvalue weighted by atomic mass is 10.2. The maximum atomic E-state index is 9.27. The fraction of sp³-hybridized carbons (Fsp3) is 0.571. The van der Waals surface area contributed by atoms with Crippen molar-refractivity contribution < 1.29 is 5.11 Å². The Balaban J connectivity index is 1.84. The van der Waals surface area contributed by atoms with Crippen LogP contribution >= 0.6 is 0 Å². The molecule has 1 saturated heterocycles. The van der Waals surface area contributed by atoms with E-state index in [1.807, 2.05) is 12.1 Å². The molecule has 0 atom stereocenters. The molecule has 0 aromatic heterocycles. The third kappa shape index (κ3) is 3.37. The van der Waals surface area contributed by atoms with Crippen LogP contribution < -0.4 is 4.90 Å². The monoisotopic (exact) mass is 234 g/mol. The van der Waals surface area contributed by atoms with E-state index in [0.717, 1.165) is 26.2 Å². The van der Waals surface area contributed by atoms with Crippen molar-refractivity contribution in [3.63, 3.8) is 0 Å². The number of hydrogen-bond donors (Lipinski definition) is 1. The minimum atomic E-state index is 0.343. The quantitative estimate of drug-likeness (QED) is 0.866. The summed E-state index contributed by atoms with van der Waals surface area (Å²) in [5.41, 5.74) is 1.22. The fourth-order valence-electron chi connectivity index (χ4n) is 2.27. The zero-order valence-corrected chi connectivity index (χ0v) is 10.6. The molecule has 1 aromatic rings. The molecule has 1 heterocycles. The van der Waals surface area contributed by atoms with Gasteiger partial charge in [-0.25, -0.2) is 0 Å². The molecule has 1 aliphatic rings. The molecule has 1 aromatic carbocycles. The van der Waals surface area contributed by atoms with Gasteiger partial charge in [0.25, 0.3) is 0 Å². The fourth-order valence-corrected chi connectivity index (χ4v) is 2.27. The molecule has 0 aliphatic carbocycles. The zero-order valence-electron chi connectivity index (χ0n) is 10.6. The third-order valence-electron chi connectivity index (χ3n) is 3.42. The molecule has 94 valence electrons. The van der Waals surface area contributed by atoms with Crippen molar-refractivity contribution in [1.29, 1.82) is 0 Å². The standard InChI is InChI=1S/C14H22N2O/c1-2-3-8-15-9-11-16(12-10-15)13-4-6-14(17)7-5-13/h4-7,17H,2-3,8-12H2,1H3. The van der Waals surface area contributed by atoms with Crippen molar-refractivity contribution in [2.24, 2.45) is 0 Å². The first-order valence-corrected chi connectivity index (χ1v) is 6.56. The number of benzene rings is 1. The summed E-state index contributed by atoms with van der Waals surface area (Å²) < 4.78 is 0. The van der Waals surface area contributed by atoms with Gasteiger partial charge < -0.3 is 10.0 Å². The van der Waals surface area contributed by atoms with E-state index in [4.69, 9.17) is 0 Å². The summed E-state index contributed by atoms with van der Waals surface area (Å²) in [4.78, 5) is 4.93. The lowest BCUT2D eigenvalue weighted by Gasteiger charge is -2.36. The highest BCUT2D eigenvalue weighted by atomic mass is 16.3. The van der Waals surface area contributed by atoms with Crippen LogP contribution in [0.25, 0.3) is 0 Å². The van der Waals surface area contributed by atoms with Crippen LogP contribution in [-0.4, -0.2) is 42.7 Å². The van der Waals surface area contributed by atoms with Gasteiger partial charge in [0.15, 0.2) is 0 Å². The molecule has 0 radical (unpaired) electrons. The smallest absolute Gasteiger partial charge is 0.115 e. The van der Waals surface area contributed by atoms with Crippen LogP contribution in [0.1, 0.15) is 19.8 Å². The van der Waals surface area contributed by atoms with E-state index < -0.39 is 0 Å². The Labute approximate surface area is 104 Å². The molecule has 0 spiro atoms. The first-order chi connectivity index (χ1) is 8.29. The molecular weight excluding hydrogens is 212 g/mol. The summed E-state index contributed by atoms with van der Waals surface area (Å²) in [6.07, 6.45) is 2.58. The molecule has 0 saturated carbocycles. The van der Waals surface area contributed by atoms with Gasteiger partial charge in [0.2, 0.25) is 0 Å². The molecule has 2 rings (SSSR count). The molecule has 0 bridgehead atoms. The third-order valence-corrected chi connectivity index (χ3v) is 3.42. The normalized spacial score (nSPS) is 17.4. The number of piperazine rings is 1. The summed E-state index contributed by atoms with van der Waals surface area (Å²) in [6.45, 7) is 7.97.